The van der Waals surface area contributed by atoms with E-state index in [9.17, 15) is 9.18 Å². The molecule has 3 heteroatoms. The van der Waals surface area contributed by atoms with Gasteiger partial charge in [0.1, 0.15) is 11.6 Å². The zero-order chi connectivity index (χ0) is 12.7. The number of carbonyl (C=O) groups is 1. The van der Waals surface area contributed by atoms with E-state index in [4.69, 9.17) is 0 Å². The van der Waals surface area contributed by atoms with Gasteiger partial charge in [-0.25, -0.2) is 4.39 Å². The van der Waals surface area contributed by atoms with E-state index in [1.54, 1.807) is 0 Å². The lowest BCUT2D eigenvalue weighted by Crippen LogP contribution is -2.09. The zero-order valence-corrected chi connectivity index (χ0v) is 10.4. The maximum atomic E-state index is 13.2. The van der Waals surface area contributed by atoms with Crippen molar-refractivity contribution >= 4 is 16.7 Å². The second kappa shape index (κ2) is 4.23. The van der Waals surface area contributed by atoms with Crippen LogP contribution in [-0.2, 0) is 11.2 Å². The van der Waals surface area contributed by atoms with E-state index in [1.807, 2.05) is 13.0 Å². The Labute approximate surface area is 105 Å². The highest BCUT2D eigenvalue weighted by atomic mass is 19.1. The van der Waals surface area contributed by atoms with Crippen LogP contribution in [0.25, 0.3) is 10.9 Å². The van der Waals surface area contributed by atoms with Crippen LogP contribution in [0.2, 0.25) is 0 Å². The third kappa shape index (κ3) is 1.84. The van der Waals surface area contributed by atoms with Crippen LogP contribution in [-0.4, -0.2) is 10.8 Å². The fourth-order valence-corrected chi connectivity index (χ4v) is 2.98. The number of aromatic amines is 1. The smallest absolute Gasteiger partial charge is 0.136 e. The van der Waals surface area contributed by atoms with Gasteiger partial charge in [-0.3, -0.25) is 4.79 Å². The number of hydrogen-bond acceptors (Lipinski definition) is 1. The summed E-state index contributed by atoms with van der Waals surface area (Å²) < 4.78 is 13.2. The third-order valence-corrected chi connectivity index (χ3v) is 3.96. The summed E-state index contributed by atoms with van der Waals surface area (Å²) in [5.74, 6) is 0.311. The molecule has 1 aromatic carbocycles. The van der Waals surface area contributed by atoms with Crippen LogP contribution in [0.1, 0.15) is 30.5 Å². The molecule has 18 heavy (non-hydrogen) atoms. The Hall–Kier alpha value is -1.64. The maximum absolute atomic E-state index is 13.2. The highest BCUT2D eigenvalue weighted by molar-refractivity contribution is 5.87. The second-order valence-electron chi connectivity index (χ2n) is 5.18. The number of aromatic nitrogens is 1. The average molecular weight is 245 g/mol. The fourth-order valence-electron chi connectivity index (χ4n) is 2.98. The summed E-state index contributed by atoms with van der Waals surface area (Å²) in [6.45, 7) is 1.99. The molecule has 1 fully saturated rings. The van der Waals surface area contributed by atoms with E-state index in [0.717, 1.165) is 42.3 Å². The van der Waals surface area contributed by atoms with Gasteiger partial charge >= 0.3 is 0 Å². The largest absolute Gasteiger partial charge is 0.358 e. The quantitative estimate of drug-likeness (QED) is 0.862. The summed E-state index contributed by atoms with van der Waals surface area (Å²) in [6.07, 6.45) is 3.52. The van der Waals surface area contributed by atoms with Crippen molar-refractivity contribution in [1.82, 2.24) is 4.98 Å². The van der Waals surface area contributed by atoms with Crippen LogP contribution in [0, 0.1) is 18.7 Å². The predicted octanol–water partition coefficient (Wildman–Crippen LogP) is 3.53. The molecule has 2 aromatic rings. The average Bonchev–Trinajstić information content (AvgIpc) is 2.85. The van der Waals surface area contributed by atoms with Crippen LogP contribution in [0.5, 0.6) is 0 Å². The molecule has 2 nitrogen and oxygen atoms in total. The number of halogens is 1. The van der Waals surface area contributed by atoms with Crippen molar-refractivity contribution < 1.29 is 9.18 Å². The molecule has 1 aliphatic carbocycles. The van der Waals surface area contributed by atoms with Gasteiger partial charge in [0.15, 0.2) is 0 Å². The first-order valence-corrected chi connectivity index (χ1v) is 6.44. The molecule has 0 aliphatic heterocycles. The summed E-state index contributed by atoms with van der Waals surface area (Å²) in [5, 5.41) is 1.05. The van der Waals surface area contributed by atoms with E-state index < -0.39 is 0 Å². The Kier molecular flexibility index (Phi) is 2.69. The van der Waals surface area contributed by atoms with Crippen molar-refractivity contribution in [3.8, 4) is 0 Å². The lowest BCUT2D eigenvalue weighted by Gasteiger charge is -2.07. The normalized spacial score (nSPS) is 19.9. The van der Waals surface area contributed by atoms with Crippen molar-refractivity contribution in [1.29, 1.82) is 0 Å². The Balaban J connectivity index is 2.00. The van der Waals surface area contributed by atoms with Crippen molar-refractivity contribution in [3.05, 3.63) is 35.3 Å². The summed E-state index contributed by atoms with van der Waals surface area (Å²) in [7, 11) is 0. The van der Waals surface area contributed by atoms with Crippen molar-refractivity contribution in [2.24, 2.45) is 5.92 Å². The first kappa shape index (κ1) is 11.5. The molecule has 1 saturated carbocycles. The Bertz CT molecular complexity index is 614. The Morgan fingerprint density at radius 3 is 3.00 bits per heavy atom. The number of nitrogens with one attached hydrogen (secondary N) is 1. The number of H-pyrrole nitrogens is 1. The van der Waals surface area contributed by atoms with Crippen LogP contribution in [0.15, 0.2) is 18.2 Å². The minimum Gasteiger partial charge on any atom is -0.358 e. The fraction of sp³-hybridized carbons (Fsp3) is 0.400. The molecule has 0 amide bonds. The minimum absolute atomic E-state index is 0.160. The second-order valence-corrected chi connectivity index (χ2v) is 5.18. The number of hydrogen-bond donors (Lipinski definition) is 1. The van der Waals surface area contributed by atoms with Gasteiger partial charge in [-0.2, -0.15) is 0 Å². The molecule has 1 N–H and O–H groups in total. The Morgan fingerprint density at radius 1 is 1.44 bits per heavy atom. The van der Waals surface area contributed by atoms with Crippen LogP contribution < -0.4 is 0 Å². The topological polar surface area (TPSA) is 32.9 Å². The molecule has 3 rings (SSSR count). The van der Waals surface area contributed by atoms with E-state index in [1.165, 1.54) is 17.7 Å². The molecular weight excluding hydrogens is 229 g/mol. The highest BCUT2D eigenvalue weighted by Gasteiger charge is 2.26. The Morgan fingerprint density at radius 2 is 2.28 bits per heavy atom. The maximum Gasteiger partial charge on any atom is 0.136 e. The number of ketones is 1. The first-order chi connectivity index (χ1) is 8.65. The monoisotopic (exact) mass is 245 g/mol. The van der Waals surface area contributed by atoms with Crippen LogP contribution in [0.3, 0.4) is 0 Å². The lowest BCUT2D eigenvalue weighted by atomic mass is 9.95. The van der Waals surface area contributed by atoms with Crippen molar-refractivity contribution in [3.63, 3.8) is 0 Å². The summed E-state index contributed by atoms with van der Waals surface area (Å²) in [6, 6.07) is 4.81. The summed E-state index contributed by atoms with van der Waals surface area (Å²) in [4.78, 5) is 14.9. The summed E-state index contributed by atoms with van der Waals surface area (Å²) in [5.41, 5.74) is 3.05. The molecule has 0 spiro atoms. The van der Waals surface area contributed by atoms with Gasteiger partial charge in [0.05, 0.1) is 0 Å². The number of carbonyl (C=O) groups excluding carboxylic acids is 1. The molecule has 0 saturated heterocycles. The molecule has 1 heterocycles. The van der Waals surface area contributed by atoms with Crippen LogP contribution in [0.4, 0.5) is 4.39 Å². The van der Waals surface area contributed by atoms with E-state index >= 15 is 0 Å². The molecule has 1 unspecified atom stereocenters. The molecule has 1 atom stereocenters. The third-order valence-electron chi connectivity index (χ3n) is 3.96. The van der Waals surface area contributed by atoms with Crippen LogP contribution >= 0.6 is 0 Å². The summed E-state index contributed by atoms with van der Waals surface area (Å²) >= 11 is 0. The van der Waals surface area contributed by atoms with Gasteiger partial charge in [0.25, 0.3) is 0 Å². The minimum atomic E-state index is -0.229. The standard InChI is InChI=1S/C15H16FNO/c1-9-13(7-10-3-2-4-15(10)18)12-6-5-11(16)8-14(12)17-9/h5-6,8,10,17H,2-4,7H2,1H3. The van der Waals surface area contributed by atoms with E-state index in [-0.39, 0.29) is 11.7 Å². The van der Waals surface area contributed by atoms with Gasteiger partial charge < -0.3 is 4.98 Å². The van der Waals surface area contributed by atoms with Gasteiger partial charge in [-0.1, -0.05) is 0 Å². The van der Waals surface area contributed by atoms with Crippen molar-refractivity contribution in [2.45, 2.75) is 32.6 Å². The van der Waals surface area contributed by atoms with Gasteiger partial charge in [-0.05, 0) is 49.9 Å². The molecule has 94 valence electrons. The van der Waals surface area contributed by atoms with E-state index in [0.29, 0.717) is 5.78 Å². The van der Waals surface area contributed by atoms with Gasteiger partial charge in [-0.15, -0.1) is 0 Å². The lowest BCUT2D eigenvalue weighted by molar-refractivity contribution is -0.120. The molecule has 1 aliphatic rings. The molecule has 0 radical (unpaired) electrons. The first-order valence-electron chi connectivity index (χ1n) is 6.44. The zero-order valence-electron chi connectivity index (χ0n) is 10.4. The molecule has 1 aromatic heterocycles. The number of Topliss-reactive ketones (excluding diaryl/α,β-unsaturated/α-hetero) is 1. The SMILES string of the molecule is Cc1[nH]c2cc(F)ccc2c1CC1CCCC1=O. The van der Waals surface area contributed by atoms with Gasteiger partial charge in [0.2, 0.25) is 0 Å². The number of benzene rings is 1. The number of fused-ring (bicyclic) bond motifs is 1. The number of aryl methyl sites for hydroxylation is 1. The molecule has 0 bridgehead atoms. The predicted molar refractivity (Wildman–Crippen MR) is 69.0 cm³/mol. The number of rotatable bonds is 2. The van der Waals surface area contributed by atoms with Gasteiger partial charge in [0, 0.05) is 28.9 Å². The van der Waals surface area contributed by atoms with Crippen molar-refractivity contribution in [2.75, 3.05) is 0 Å². The highest BCUT2D eigenvalue weighted by Crippen LogP contribution is 2.30. The molecular formula is C15H16FNO. The van der Waals surface area contributed by atoms with E-state index in [2.05, 4.69) is 4.98 Å².